The van der Waals surface area contributed by atoms with Crippen LogP contribution in [0.15, 0.2) is 52.1 Å². The van der Waals surface area contributed by atoms with Gasteiger partial charge in [0.15, 0.2) is 0 Å². The van der Waals surface area contributed by atoms with Crippen molar-refractivity contribution in [2.45, 2.75) is 6.54 Å². The number of ether oxygens (including phenoxy) is 2. The van der Waals surface area contributed by atoms with Crippen LogP contribution in [0.2, 0.25) is 5.02 Å². The first-order chi connectivity index (χ1) is 12.9. The van der Waals surface area contributed by atoms with Crippen molar-refractivity contribution in [1.82, 2.24) is 14.3 Å². The molecule has 0 bridgehead atoms. The maximum atomic E-state index is 13.2. The zero-order chi connectivity index (χ0) is 19.6. The van der Waals surface area contributed by atoms with E-state index < -0.39 is 17.1 Å². The Bertz CT molecular complexity index is 1090. The first kappa shape index (κ1) is 18.7. The standard InChI is InChI=1S/C18H15ClFN3O4/c1-26-15-9-11(3-8-14(15)19)10-22-17(24)16(27-2)21-23(18(22)25)13-6-4-12(20)5-7-13/h3-9H,10H2,1-2H3. The molecule has 3 aromatic rings. The molecule has 3 rings (SSSR count). The van der Waals surface area contributed by atoms with Crippen LogP contribution in [0.1, 0.15) is 5.56 Å². The van der Waals surface area contributed by atoms with Gasteiger partial charge in [0.25, 0.3) is 5.88 Å². The number of hydrogen-bond donors (Lipinski definition) is 0. The smallest absolute Gasteiger partial charge is 0.352 e. The third kappa shape index (κ3) is 3.70. The van der Waals surface area contributed by atoms with Crippen LogP contribution in [-0.4, -0.2) is 28.6 Å². The van der Waals surface area contributed by atoms with Crippen molar-refractivity contribution >= 4 is 11.6 Å². The van der Waals surface area contributed by atoms with Crippen molar-refractivity contribution in [2.75, 3.05) is 14.2 Å². The third-order valence-electron chi connectivity index (χ3n) is 3.85. The van der Waals surface area contributed by atoms with E-state index in [9.17, 15) is 14.0 Å². The molecular formula is C18H15ClFN3O4. The van der Waals surface area contributed by atoms with E-state index in [2.05, 4.69) is 5.10 Å². The van der Waals surface area contributed by atoms with Gasteiger partial charge in [0.05, 0.1) is 31.5 Å². The van der Waals surface area contributed by atoms with Gasteiger partial charge in [0.1, 0.15) is 11.6 Å². The van der Waals surface area contributed by atoms with Crippen LogP contribution < -0.4 is 20.7 Å². The Morgan fingerprint density at radius 2 is 1.78 bits per heavy atom. The molecular weight excluding hydrogens is 377 g/mol. The molecule has 140 valence electrons. The number of benzene rings is 2. The summed E-state index contributed by atoms with van der Waals surface area (Å²) in [4.78, 5) is 25.4. The molecule has 0 unspecified atom stereocenters. The zero-order valence-electron chi connectivity index (χ0n) is 14.5. The SMILES string of the molecule is COc1cc(Cn2c(=O)c(OC)nn(-c3ccc(F)cc3)c2=O)ccc1Cl. The molecule has 0 saturated carbocycles. The molecule has 0 radical (unpaired) electrons. The molecule has 7 nitrogen and oxygen atoms in total. The number of nitrogens with zero attached hydrogens (tertiary/aromatic N) is 3. The number of halogens is 2. The summed E-state index contributed by atoms with van der Waals surface area (Å²) in [7, 11) is 2.74. The molecule has 0 atom stereocenters. The van der Waals surface area contributed by atoms with Crippen molar-refractivity contribution in [1.29, 1.82) is 0 Å². The van der Waals surface area contributed by atoms with E-state index in [0.717, 1.165) is 9.25 Å². The largest absolute Gasteiger partial charge is 0.495 e. The van der Waals surface area contributed by atoms with Gasteiger partial charge in [0.2, 0.25) is 0 Å². The molecule has 0 amide bonds. The molecule has 0 aliphatic heterocycles. The average molecular weight is 392 g/mol. The summed E-state index contributed by atoms with van der Waals surface area (Å²) in [6, 6.07) is 10.0. The van der Waals surface area contributed by atoms with Crippen LogP contribution in [0.5, 0.6) is 11.6 Å². The Kier molecular flexibility index (Phi) is 5.27. The fraction of sp³-hybridized carbons (Fsp3) is 0.167. The van der Waals surface area contributed by atoms with Crippen molar-refractivity contribution < 1.29 is 13.9 Å². The van der Waals surface area contributed by atoms with Gasteiger partial charge in [-0.3, -0.25) is 4.79 Å². The Labute approximate surface area is 158 Å². The van der Waals surface area contributed by atoms with E-state index in [1.165, 1.54) is 38.5 Å². The van der Waals surface area contributed by atoms with Crippen LogP contribution in [0.25, 0.3) is 5.69 Å². The highest BCUT2D eigenvalue weighted by atomic mass is 35.5. The number of hydrogen-bond acceptors (Lipinski definition) is 5. The van der Waals surface area contributed by atoms with Crippen LogP contribution in [0.4, 0.5) is 4.39 Å². The van der Waals surface area contributed by atoms with E-state index in [0.29, 0.717) is 22.0 Å². The predicted octanol–water partition coefficient (Wildman–Crippen LogP) is 2.25. The average Bonchev–Trinajstić information content (AvgIpc) is 2.67. The number of aromatic nitrogens is 3. The molecule has 2 aromatic carbocycles. The van der Waals surface area contributed by atoms with Crippen LogP contribution in [-0.2, 0) is 6.54 Å². The highest BCUT2D eigenvalue weighted by Crippen LogP contribution is 2.25. The van der Waals surface area contributed by atoms with Gasteiger partial charge in [-0.25, -0.2) is 13.8 Å². The Balaban J connectivity index is 2.14. The second-order valence-corrected chi connectivity index (χ2v) is 5.95. The van der Waals surface area contributed by atoms with Gasteiger partial charge >= 0.3 is 11.2 Å². The fourth-order valence-electron chi connectivity index (χ4n) is 2.50. The second-order valence-electron chi connectivity index (χ2n) is 5.54. The van der Waals surface area contributed by atoms with Crippen molar-refractivity contribution in [3.05, 3.63) is 79.7 Å². The highest BCUT2D eigenvalue weighted by molar-refractivity contribution is 6.32. The number of methoxy groups -OCH3 is 2. The predicted molar refractivity (Wildman–Crippen MR) is 97.7 cm³/mol. The van der Waals surface area contributed by atoms with Gasteiger partial charge in [-0.05, 0) is 42.0 Å². The lowest BCUT2D eigenvalue weighted by atomic mass is 10.2. The second kappa shape index (κ2) is 7.63. The zero-order valence-corrected chi connectivity index (χ0v) is 15.2. The molecule has 0 saturated heterocycles. The Morgan fingerprint density at radius 1 is 1.07 bits per heavy atom. The number of rotatable bonds is 5. The lowest BCUT2D eigenvalue weighted by Gasteiger charge is -2.12. The fourth-order valence-corrected chi connectivity index (χ4v) is 2.69. The van der Waals surface area contributed by atoms with Crippen LogP contribution in [0, 0.1) is 5.82 Å². The monoisotopic (exact) mass is 391 g/mol. The highest BCUT2D eigenvalue weighted by Gasteiger charge is 2.16. The van der Waals surface area contributed by atoms with Crippen molar-refractivity contribution in [3.8, 4) is 17.3 Å². The minimum atomic E-state index is -0.693. The summed E-state index contributed by atoms with van der Waals surface area (Å²) in [6.07, 6.45) is 0. The topological polar surface area (TPSA) is 75.3 Å². The first-order valence-corrected chi connectivity index (χ1v) is 8.19. The molecule has 1 aromatic heterocycles. The summed E-state index contributed by atoms with van der Waals surface area (Å²) in [5.74, 6) is -0.303. The van der Waals surface area contributed by atoms with Crippen molar-refractivity contribution in [2.24, 2.45) is 0 Å². The normalized spacial score (nSPS) is 10.7. The first-order valence-electron chi connectivity index (χ1n) is 7.81. The maximum Gasteiger partial charge on any atom is 0.352 e. The maximum absolute atomic E-state index is 13.2. The lowest BCUT2D eigenvalue weighted by molar-refractivity contribution is 0.367. The van der Waals surface area contributed by atoms with Crippen LogP contribution >= 0.6 is 11.6 Å². The molecule has 0 N–H and O–H groups in total. The minimum absolute atomic E-state index is 0.0503. The third-order valence-corrected chi connectivity index (χ3v) is 4.16. The van der Waals surface area contributed by atoms with Crippen LogP contribution in [0.3, 0.4) is 0 Å². The van der Waals surface area contributed by atoms with Gasteiger partial charge in [-0.1, -0.05) is 17.7 Å². The minimum Gasteiger partial charge on any atom is -0.495 e. The van der Waals surface area contributed by atoms with Gasteiger partial charge in [-0.15, -0.1) is 5.10 Å². The van der Waals surface area contributed by atoms with E-state index in [1.54, 1.807) is 18.2 Å². The molecule has 0 aliphatic rings. The Morgan fingerprint density at radius 3 is 2.41 bits per heavy atom. The molecule has 0 aliphatic carbocycles. The van der Waals surface area contributed by atoms with E-state index in [4.69, 9.17) is 21.1 Å². The van der Waals surface area contributed by atoms with E-state index >= 15 is 0 Å². The van der Waals surface area contributed by atoms with E-state index in [-0.39, 0.29) is 12.4 Å². The van der Waals surface area contributed by atoms with Crippen molar-refractivity contribution in [3.63, 3.8) is 0 Å². The molecule has 0 spiro atoms. The molecule has 0 fully saturated rings. The quantitative estimate of drug-likeness (QED) is 0.667. The summed E-state index contributed by atoms with van der Waals surface area (Å²) in [5.41, 5.74) is -0.465. The van der Waals surface area contributed by atoms with E-state index in [1.807, 2.05) is 0 Å². The Hall–Kier alpha value is -3.13. The summed E-state index contributed by atoms with van der Waals surface area (Å²) >= 11 is 6.01. The summed E-state index contributed by atoms with van der Waals surface area (Å²) in [5, 5.41) is 4.33. The molecule has 9 heteroatoms. The van der Waals surface area contributed by atoms with Gasteiger partial charge in [0, 0.05) is 0 Å². The lowest BCUT2D eigenvalue weighted by Crippen LogP contribution is -2.41. The molecule has 1 heterocycles. The summed E-state index contributed by atoms with van der Waals surface area (Å²) < 4.78 is 25.3. The molecule has 27 heavy (non-hydrogen) atoms. The van der Waals surface area contributed by atoms with Gasteiger partial charge < -0.3 is 9.47 Å². The summed E-state index contributed by atoms with van der Waals surface area (Å²) in [6.45, 7) is -0.0503. The van der Waals surface area contributed by atoms with Gasteiger partial charge in [-0.2, -0.15) is 4.68 Å².